The predicted molar refractivity (Wildman–Crippen MR) is 118 cm³/mol. The summed E-state index contributed by atoms with van der Waals surface area (Å²) in [5.41, 5.74) is 0.333. The summed E-state index contributed by atoms with van der Waals surface area (Å²) < 4.78 is 39.7. The molecular weight excluding hydrogens is 437 g/mol. The van der Waals surface area contributed by atoms with Gasteiger partial charge in [0.05, 0.1) is 16.8 Å². The van der Waals surface area contributed by atoms with E-state index in [2.05, 4.69) is 0 Å². The zero-order valence-corrected chi connectivity index (χ0v) is 17.9. The van der Waals surface area contributed by atoms with Gasteiger partial charge in [-0.2, -0.15) is 13.2 Å². The zero-order valence-electron chi connectivity index (χ0n) is 17.1. The molecule has 0 aliphatic carbocycles. The first-order valence-electron chi connectivity index (χ1n) is 9.94. The third kappa shape index (κ3) is 4.05. The minimum absolute atomic E-state index is 0.102. The number of carbonyl (C=O) groups is 2. The molecule has 0 spiro atoms. The highest BCUT2D eigenvalue weighted by atomic mass is 32.1. The van der Waals surface area contributed by atoms with Crippen molar-refractivity contribution in [1.82, 2.24) is 4.90 Å². The first-order chi connectivity index (χ1) is 15.3. The number of benzene rings is 2. The standard InChI is InChI=1S/C24H19F3N2O2S/c1-2-28(15-16-8-4-3-5-9-16)21-20(19-12-7-13-32-19)22(30)29(23(21)31)18-11-6-10-17(14-18)24(25,26)27/h3-14H,2,15H2,1H3. The average Bonchev–Trinajstić information content (AvgIpc) is 3.38. The molecule has 164 valence electrons. The van der Waals surface area contributed by atoms with Crippen LogP contribution in [0.25, 0.3) is 5.57 Å². The number of halogens is 3. The Bertz CT molecular complexity index is 1170. The van der Waals surface area contributed by atoms with Crippen LogP contribution in [0.3, 0.4) is 0 Å². The van der Waals surface area contributed by atoms with Crippen molar-refractivity contribution in [3.8, 4) is 0 Å². The molecule has 3 aromatic rings. The van der Waals surface area contributed by atoms with Crippen LogP contribution < -0.4 is 4.90 Å². The summed E-state index contributed by atoms with van der Waals surface area (Å²) in [5, 5.41) is 1.79. The van der Waals surface area contributed by atoms with Crippen LogP contribution in [0.2, 0.25) is 0 Å². The molecule has 4 rings (SSSR count). The van der Waals surface area contributed by atoms with Crippen LogP contribution >= 0.6 is 11.3 Å². The molecule has 0 saturated carbocycles. The van der Waals surface area contributed by atoms with Crippen LogP contribution in [-0.2, 0) is 22.3 Å². The monoisotopic (exact) mass is 456 g/mol. The summed E-state index contributed by atoms with van der Waals surface area (Å²) in [5.74, 6) is -1.26. The molecule has 0 fully saturated rings. The molecule has 1 aromatic heterocycles. The smallest absolute Gasteiger partial charge is 0.362 e. The third-order valence-electron chi connectivity index (χ3n) is 5.17. The number of hydrogen-bond acceptors (Lipinski definition) is 4. The number of alkyl halides is 3. The van der Waals surface area contributed by atoms with E-state index in [1.54, 1.807) is 22.4 Å². The van der Waals surface area contributed by atoms with E-state index in [9.17, 15) is 22.8 Å². The molecule has 2 heterocycles. The van der Waals surface area contributed by atoms with Gasteiger partial charge in [-0.3, -0.25) is 9.59 Å². The van der Waals surface area contributed by atoms with E-state index in [0.717, 1.165) is 22.6 Å². The molecule has 1 aliphatic heterocycles. The highest BCUT2D eigenvalue weighted by Crippen LogP contribution is 2.38. The number of likely N-dealkylation sites (N-methyl/N-ethyl adjacent to an activating group) is 1. The lowest BCUT2D eigenvalue weighted by Crippen LogP contribution is -2.35. The Balaban J connectivity index is 1.80. The van der Waals surface area contributed by atoms with Gasteiger partial charge in [0.15, 0.2) is 0 Å². The van der Waals surface area contributed by atoms with E-state index in [4.69, 9.17) is 0 Å². The normalized spacial score (nSPS) is 14.4. The first-order valence-corrected chi connectivity index (χ1v) is 10.8. The number of amides is 2. The number of anilines is 1. The van der Waals surface area contributed by atoms with Gasteiger partial charge in [0.25, 0.3) is 11.8 Å². The summed E-state index contributed by atoms with van der Waals surface area (Å²) >= 11 is 1.30. The molecule has 8 heteroatoms. The number of rotatable bonds is 6. The summed E-state index contributed by atoms with van der Waals surface area (Å²) in [6, 6.07) is 17.3. The van der Waals surface area contributed by atoms with E-state index >= 15 is 0 Å². The molecule has 0 radical (unpaired) electrons. The fourth-order valence-electron chi connectivity index (χ4n) is 3.66. The van der Waals surface area contributed by atoms with E-state index < -0.39 is 23.6 Å². The quantitative estimate of drug-likeness (QED) is 0.455. The Morgan fingerprint density at radius 1 is 0.938 bits per heavy atom. The Hall–Kier alpha value is -3.39. The summed E-state index contributed by atoms with van der Waals surface area (Å²) in [4.78, 5) is 30.1. The van der Waals surface area contributed by atoms with Crippen LogP contribution in [0.4, 0.5) is 18.9 Å². The van der Waals surface area contributed by atoms with Crippen molar-refractivity contribution in [1.29, 1.82) is 0 Å². The summed E-state index contributed by atoms with van der Waals surface area (Å²) in [7, 11) is 0. The lowest BCUT2D eigenvalue weighted by Gasteiger charge is -2.25. The van der Waals surface area contributed by atoms with Gasteiger partial charge in [0.1, 0.15) is 5.70 Å². The maximum atomic E-state index is 13.5. The van der Waals surface area contributed by atoms with Crippen LogP contribution in [0.5, 0.6) is 0 Å². The van der Waals surface area contributed by atoms with Crippen molar-refractivity contribution in [3.05, 3.63) is 93.8 Å². The van der Waals surface area contributed by atoms with Crippen LogP contribution in [0, 0.1) is 0 Å². The molecule has 0 atom stereocenters. The highest BCUT2D eigenvalue weighted by Gasteiger charge is 2.43. The number of hydrogen-bond donors (Lipinski definition) is 0. The first kappa shape index (κ1) is 21.8. The van der Waals surface area contributed by atoms with E-state index in [0.29, 0.717) is 18.0 Å². The Kier molecular flexibility index (Phi) is 5.88. The topological polar surface area (TPSA) is 40.6 Å². The molecule has 2 aromatic carbocycles. The predicted octanol–water partition coefficient (Wildman–Crippen LogP) is 5.57. The maximum absolute atomic E-state index is 13.5. The Labute approximate surface area is 187 Å². The summed E-state index contributed by atoms with van der Waals surface area (Å²) in [6.45, 7) is 2.69. The molecular formula is C24H19F3N2O2S. The van der Waals surface area contributed by atoms with Gasteiger partial charge in [-0.25, -0.2) is 4.90 Å². The molecule has 0 N–H and O–H groups in total. The minimum Gasteiger partial charge on any atom is -0.362 e. The van der Waals surface area contributed by atoms with Gasteiger partial charge in [0.2, 0.25) is 0 Å². The lowest BCUT2D eigenvalue weighted by atomic mass is 10.1. The Morgan fingerprint density at radius 3 is 2.31 bits per heavy atom. The van der Waals surface area contributed by atoms with Gasteiger partial charge in [-0.15, -0.1) is 11.3 Å². The molecule has 32 heavy (non-hydrogen) atoms. The average molecular weight is 456 g/mol. The van der Waals surface area contributed by atoms with Crippen molar-refractivity contribution in [3.63, 3.8) is 0 Å². The molecule has 0 saturated heterocycles. The van der Waals surface area contributed by atoms with Crippen molar-refractivity contribution in [2.24, 2.45) is 0 Å². The van der Waals surface area contributed by atoms with Crippen molar-refractivity contribution in [2.45, 2.75) is 19.6 Å². The molecule has 0 bridgehead atoms. The lowest BCUT2D eigenvalue weighted by molar-refractivity contribution is -0.137. The summed E-state index contributed by atoms with van der Waals surface area (Å²) in [6.07, 6.45) is -4.59. The van der Waals surface area contributed by atoms with Crippen LogP contribution in [0.1, 0.15) is 22.9 Å². The van der Waals surface area contributed by atoms with Crippen molar-refractivity contribution >= 4 is 34.4 Å². The van der Waals surface area contributed by atoms with Crippen molar-refractivity contribution in [2.75, 3.05) is 11.4 Å². The largest absolute Gasteiger partial charge is 0.416 e. The second-order valence-corrected chi connectivity index (χ2v) is 8.14. The van der Waals surface area contributed by atoms with Gasteiger partial charge >= 0.3 is 6.18 Å². The second kappa shape index (κ2) is 8.63. The molecule has 4 nitrogen and oxygen atoms in total. The molecule has 0 unspecified atom stereocenters. The van der Waals surface area contributed by atoms with Gasteiger partial charge in [-0.05, 0) is 42.1 Å². The fourth-order valence-corrected chi connectivity index (χ4v) is 4.43. The number of imide groups is 1. The minimum atomic E-state index is -4.59. The number of nitrogens with zero attached hydrogens (tertiary/aromatic N) is 2. The molecule has 2 amide bonds. The van der Waals surface area contributed by atoms with Gasteiger partial charge < -0.3 is 4.90 Å². The fraction of sp³-hybridized carbons (Fsp3) is 0.167. The number of carbonyl (C=O) groups excluding carboxylic acids is 2. The second-order valence-electron chi connectivity index (χ2n) is 7.19. The highest BCUT2D eigenvalue weighted by molar-refractivity contribution is 7.11. The number of thiophene rings is 1. The van der Waals surface area contributed by atoms with Crippen LogP contribution in [0.15, 0.2) is 77.8 Å². The third-order valence-corrected chi connectivity index (χ3v) is 6.06. The van der Waals surface area contributed by atoms with Crippen molar-refractivity contribution < 1.29 is 22.8 Å². The Morgan fingerprint density at radius 2 is 1.69 bits per heavy atom. The molecule has 1 aliphatic rings. The maximum Gasteiger partial charge on any atom is 0.416 e. The van der Waals surface area contributed by atoms with Crippen LogP contribution in [-0.4, -0.2) is 23.3 Å². The van der Waals surface area contributed by atoms with E-state index in [-0.39, 0.29) is 17.0 Å². The van der Waals surface area contributed by atoms with Gasteiger partial charge in [0, 0.05) is 18.0 Å². The van der Waals surface area contributed by atoms with Gasteiger partial charge in [-0.1, -0.05) is 42.5 Å². The van der Waals surface area contributed by atoms with E-state index in [1.165, 1.54) is 23.5 Å². The SMILES string of the molecule is CCN(Cc1ccccc1)C1=C(c2cccs2)C(=O)N(c2cccc(C(F)(F)F)c2)C1=O. The van der Waals surface area contributed by atoms with E-state index in [1.807, 2.05) is 37.3 Å². The zero-order chi connectivity index (χ0) is 22.9.